The summed E-state index contributed by atoms with van der Waals surface area (Å²) in [5.41, 5.74) is 0.554. The topological polar surface area (TPSA) is 158 Å². The monoisotopic (exact) mass is 451 g/mol. The Morgan fingerprint density at radius 2 is 1.97 bits per heavy atom. The van der Waals surface area contributed by atoms with Crippen molar-refractivity contribution < 1.29 is 33.4 Å². The molecule has 0 radical (unpaired) electrons. The number of hydrogen-bond donors (Lipinski definition) is 3. The first-order valence-electron chi connectivity index (χ1n) is 10.2. The Hall–Kier alpha value is -3.12. The van der Waals surface area contributed by atoms with Crippen LogP contribution in [0.5, 0.6) is 0 Å². The summed E-state index contributed by atoms with van der Waals surface area (Å²) in [6, 6.07) is -0.545. The zero-order chi connectivity index (χ0) is 23.5. The van der Waals surface area contributed by atoms with Crippen molar-refractivity contribution in [1.82, 2.24) is 25.9 Å². The van der Waals surface area contributed by atoms with Gasteiger partial charge in [-0.2, -0.15) is 0 Å². The molecule has 0 aliphatic carbocycles. The molecule has 2 atom stereocenters. The lowest BCUT2D eigenvalue weighted by Crippen LogP contribution is -2.56. The molecule has 176 valence electrons. The van der Waals surface area contributed by atoms with Gasteiger partial charge in [0.15, 0.2) is 0 Å². The third-order valence-electron chi connectivity index (χ3n) is 4.55. The molecule has 2 heterocycles. The number of fused-ring (bicyclic) bond motifs is 2. The van der Waals surface area contributed by atoms with Gasteiger partial charge in [-0.25, -0.2) is 14.8 Å². The maximum atomic E-state index is 12.9. The van der Waals surface area contributed by atoms with Gasteiger partial charge in [-0.15, -0.1) is 0 Å². The van der Waals surface area contributed by atoms with Crippen LogP contribution in [0.25, 0.3) is 0 Å². The van der Waals surface area contributed by atoms with Gasteiger partial charge in [0.1, 0.15) is 24.5 Å². The fraction of sp³-hybridized carbons (Fsp3) is 0.600. The number of Topliss-reactive ketones (excluding diaryl/α,β-unsaturated/α-hetero) is 1. The highest BCUT2D eigenvalue weighted by Gasteiger charge is 2.33. The first-order chi connectivity index (χ1) is 15.3. The van der Waals surface area contributed by atoms with Crippen LogP contribution in [0.1, 0.15) is 25.4 Å². The summed E-state index contributed by atoms with van der Waals surface area (Å²) < 4.78 is 15.1. The number of hydrogen-bond acceptors (Lipinski definition) is 9. The van der Waals surface area contributed by atoms with Crippen molar-refractivity contribution in [1.29, 1.82) is 0 Å². The van der Waals surface area contributed by atoms with Crippen LogP contribution in [0.3, 0.4) is 0 Å². The largest absolute Gasteiger partial charge is 0.447 e. The lowest BCUT2D eigenvalue weighted by molar-refractivity contribution is -0.140. The third-order valence-corrected chi connectivity index (χ3v) is 4.55. The van der Waals surface area contributed by atoms with Crippen LogP contribution in [0.15, 0.2) is 12.3 Å². The lowest BCUT2D eigenvalue weighted by atomic mass is 10.0. The van der Waals surface area contributed by atoms with E-state index in [2.05, 4.69) is 25.9 Å². The standard InChI is InChI=1S/C20H29N5O7/c1-12(2)16(25-20(29)32-9-8-31-7-6-30-3)18(27)24-14-10-15-21-5-4-13(23-15)11-22-19(28)17(14)26/h4-5,12,14,16H,6-11H2,1-3H3,(H,22,28)(H,24,27)(H,25,29). The Morgan fingerprint density at radius 3 is 2.69 bits per heavy atom. The van der Waals surface area contributed by atoms with Gasteiger partial charge >= 0.3 is 6.09 Å². The summed E-state index contributed by atoms with van der Waals surface area (Å²) in [6.45, 7) is 4.50. The van der Waals surface area contributed by atoms with E-state index in [1.165, 1.54) is 6.20 Å². The Bertz CT molecular complexity index is 817. The third kappa shape index (κ3) is 7.85. The quantitative estimate of drug-likeness (QED) is 0.303. The molecule has 2 bridgehead atoms. The van der Waals surface area contributed by atoms with E-state index < -0.39 is 35.8 Å². The number of carbonyl (C=O) groups excluding carboxylic acids is 4. The van der Waals surface area contributed by atoms with Crippen LogP contribution in [0, 0.1) is 5.92 Å². The molecule has 0 spiro atoms. The number of rotatable bonds is 10. The predicted octanol–water partition coefficient (Wildman–Crippen LogP) is -0.883. The Labute approximate surface area is 185 Å². The molecule has 12 nitrogen and oxygen atoms in total. The summed E-state index contributed by atoms with van der Waals surface area (Å²) >= 11 is 0. The van der Waals surface area contributed by atoms with Gasteiger partial charge in [-0.3, -0.25) is 14.4 Å². The molecule has 1 aromatic rings. The molecule has 12 heteroatoms. The van der Waals surface area contributed by atoms with Gasteiger partial charge in [0.05, 0.1) is 32.1 Å². The van der Waals surface area contributed by atoms with Crippen molar-refractivity contribution in [3.8, 4) is 0 Å². The summed E-state index contributed by atoms with van der Waals surface area (Å²) in [6.07, 6.45) is 0.662. The van der Waals surface area contributed by atoms with Crippen LogP contribution in [-0.4, -0.2) is 79.3 Å². The van der Waals surface area contributed by atoms with E-state index in [-0.39, 0.29) is 32.1 Å². The minimum atomic E-state index is -1.18. The maximum Gasteiger partial charge on any atom is 0.407 e. The summed E-state index contributed by atoms with van der Waals surface area (Å²) in [5, 5.41) is 7.50. The molecule has 1 aliphatic rings. The van der Waals surface area contributed by atoms with Crippen LogP contribution in [-0.2, 0) is 41.6 Å². The first-order valence-corrected chi connectivity index (χ1v) is 10.2. The van der Waals surface area contributed by atoms with E-state index in [9.17, 15) is 19.2 Å². The van der Waals surface area contributed by atoms with Crippen molar-refractivity contribution in [2.75, 3.05) is 33.5 Å². The van der Waals surface area contributed by atoms with Gasteiger partial charge in [0.25, 0.3) is 5.91 Å². The normalized spacial score (nSPS) is 16.9. The molecule has 3 N–H and O–H groups in total. The molecular weight excluding hydrogens is 422 g/mol. The smallest absolute Gasteiger partial charge is 0.407 e. The number of alkyl carbamates (subject to hydrolysis) is 1. The number of amides is 3. The number of nitrogens with one attached hydrogen (secondary N) is 3. The van der Waals surface area contributed by atoms with E-state index in [1.54, 1.807) is 27.0 Å². The van der Waals surface area contributed by atoms with Gasteiger partial charge in [-0.1, -0.05) is 13.8 Å². The minimum absolute atomic E-state index is 0.00303. The van der Waals surface area contributed by atoms with Crippen LogP contribution in [0.2, 0.25) is 0 Å². The Kier molecular flexibility index (Phi) is 9.95. The maximum absolute atomic E-state index is 12.9. The fourth-order valence-electron chi connectivity index (χ4n) is 2.85. The van der Waals surface area contributed by atoms with Gasteiger partial charge < -0.3 is 30.2 Å². The average molecular weight is 451 g/mol. The number of methoxy groups -OCH3 is 1. The molecule has 32 heavy (non-hydrogen) atoms. The van der Waals surface area contributed by atoms with E-state index in [4.69, 9.17) is 14.2 Å². The van der Waals surface area contributed by atoms with Gasteiger partial charge in [0.2, 0.25) is 11.7 Å². The molecule has 3 amide bonds. The SMILES string of the molecule is COCCOCCOC(=O)NC(C(=O)NC1Cc2nccc(n2)CNC(=O)C1=O)C(C)C. The average Bonchev–Trinajstić information content (AvgIpc) is 2.79. The molecule has 2 unspecified atom stereocenters. The van der Waals surface area contributed by atoms with E-state index >= 15 is 0 Å². The number of ether oxygens (including phenoxy) is 3. The van der Waals surface area contributed by atoms with Crippen molar-refractivity contribution >= 4 is 23.7 Å². The van der Waals surface area contributed by atoms with Crippen molar-refractivity contribution in [2.24, 2.45) is 5.92 Å². The van der Waals surface area contributed by atoms with Gasteiger partial charge in [0, 0.05) is 19.7 Å². The summed E-state index contributed by atoms with van der Waals surface area (Å²) in [4.78, 5) is 58.0. The first kappa shape index (κ1) is 25.1. The zero-order valence-electron chi connectivity index (χ0n) is 18.4. The molecule has 0 saturated heterocycles. The van der Waals surface area contributed by atoms with Crippen molar-refractivity contribution in [3.63, 3.8) is 0 Å². The highest BCUT2D eigenvalue weighted by Crippen LogP contribution is 2.07. The minimum Gasteiger partial charge on any atom is -0.447 e. The molecule has 0 aromatic carbocycles. The van der Waals surface area contributed by atoms with Gasteiger partial charge in [-0.05, 0) is 12.0 Å². The zero-order valence-corrected chi connectivity index (χ0v) is 18.4. The predicted molar refractivity (Wildman–Crippen MR) is 110 cm³/mol. The second-order valence-electron chi connectivity index (χ2n) is 7.38. The van der Waals surface area contributed by atoms with Crippen molar-refractivity contribution in [3.05, 3.63) is 23.8 Å². The fourth-order valence-corrected chi connectivity index (χ4v) is 2.85. The number of nitrogens with zero attached hydrogens (tertiary/aromatic N) is 2. The number of carbonyl (C=O) groups is 4. The van der Waals surface area contributed by atoms with Crippen LogP contribution >= 0.6 is 0 Å². The van der Waals surface area contributed by atoms with Crippen LogP contribution < -0.4 is 16.0 Å². The second-order valence-corrected chi connectivity index (χ2v) is 7.38. The molecule has 2 rings (SSSR count). The molecule has 1 aliphatic heterocycles. The molecular formula is C20H29N5O7. The van der Waals surface area contributed by atoms with Crippen molar-refractivity contribution in [2.45, 2.75) is 38.9 Å². The highest BCUT2D eigenvalue weighted by atomic mass is 16.6. The summed E-state index contributed by atoms with van der Waals surface area (Å²) in [5.74, 6) is -2.28. The summed E-state index contributed by atoms with van der Waals surface area (Å²) in [7, 11) is 1.55. The molecule has 1 aromatic heterocycles. The van der Waals surface area contributed by atoms with Crippen LogP contribution in [0.4, 0.5) is 4.79 Å². The van der Waals surface area contributed by atoms with E-state index in [0.717, 1.165) is 0 Å². The molecule has 0 saturated carbocycles. The molecule has 0 fully saturated rings. The van der Waals surface area contributed by atoms with E-state index in [1.807, 2.05) is 0 Å². The highest BCUT2D eigenvalue weighted by molar-refractivity contribution is 6.38. The second kappa shape index (κ2) is 12.7. The lowest BCUT2D eigenvalue weighted by Gasteiger charge is -2.24. The number of ketones is 1. The van der Waals surface area contributed by atoms with E-state index in [0.29, 0.717) is 24.7 Å². The Morgan fingerprint density at radius 1 is 1.22 bits per heavy atom. The Balaban J connectivity index is 1.97. The number of aromatic nitrogens is 2.